The van der Waals surface area contributed by atoms with Crippen molar-refractivity contribution in [2.24, 2.45) is 9.98 Å². The number of amidine groups is 1. The number of nitrogens with one attached hydrogen (secondary N) is 2. The van der Waals surface area contributed by atoms with Crippen molar-refractivity contribution in [3.05, 3.63) is 18.3 Å². The molecule has 0 radical (unpaired) electrons. The van der Waals surface area contributed by atoms with Gasteiger partial charge in [0.05, 0.1) is 25.7 Å². The van der Waals surface area contributed by atoms with Gasteiger partial charge in [0.25, 0.3) is 5.91 Å². The van der Waals surface area contributed by atoms with E-state index in [1.54, 1.807) is 4.57 Å². The molecule has 6 heterocycles. The fraction of sp³-hybridized carbons (Fsp3) is 0.526. The summed E-state index contributed by atoms with van der Waals surface area (Å²) >= 11 is 9.30. The molecule has 0 spiro atoms. The normalized spacial score (nSPS) is 36.6. The molecular weight excluding hydrogens is 624 g/mol. The number of rotatable bonds is 1. The molecule has 4 aliphatic heterocycles. The van der Waals surface area contributed by atoms with Crippen LogP contribution in [0.15, 0.2) is 22.5 Å². The predicted octanol–water partition coefficient (Wildman–Crippen LogP) is -0.319. The highest BCUT2D eigenvalue weighted by molar-refractivity contribution is 8.44. The summed E-state index contributed by atoms with van der Waals surface area (Å²) in [7, 11) is 0. The minimum Gasteiger partial charge on any atom is -0.387 e. The Labute approximate surface area is 241 Å². The van der Waals surface area contributed by atoms with Gasteiger partial charge in [-0.15, -0.1) is 0 Å². The van der Waals surface area contributed by atoms with E-state index in [-0.39, 0.29) is 19.0 Å². The van der Waals surface area contributed by atoms with Crippen molar-refractivity contribution in [3.63, 3.8) is 0 Å². The van der Waals surface area contributed by atoms with Gasteiger partial charge in [-0.25, -0.2) is 19.5 Å². The molecule has 4 N–H and O–H groups in total. The van der Waals surface area contributed by atoms with Crippen molar-refractivity contribution in [2.75, 3.05) is 13.2 Å². The number of aryl methyl sites for hydroxylation is 1. The molecule has 0 saturated carbocycles. The van der Waals surface area contributed by atoms with Crippen LogP contribution in [0.1, 0.15) is 12.2 Å². The van der Waals surface area contributed by atoms with E-state index in [1.165, 1.54) is 23.8 Å². The van der Waals surface area contributed by atoms with Gasteiger partial charge in [0.1, 0.15) is 42.6 Å². The van der Waals surface area contributed by atoms with Crippen LogP contribution in [0.4, 0.5) is 0 Å². The van der Waals surface area contributed by atoms with Crippen LogP contribution in [-0.2, 0) is 57.1 Å². The molecule has 22 heteroatoms. The number of hydrogen-bond acceptors (Lipinski definition) is 15. The van der Waals surface area contributed by atoms with Crippen molar-refractivity contribution in [2.45, 2.75) is 50.2 Å². The zero-order chi connectivity index (χ0) is 28.9. The first-order chi connectivity index (χ1) is 19.5. The van der Waals surface area contributed by atoms with Crippen molar-refractivity contribution in [1.82, 2.24) is 29.7 Å². The lowest BCUT2D eigenvalue weighted by Crippen LogP contribution is -2.53. The second kappa shape index (κ2) is 11.1. The van der Waals surface area contributed by atoms with Crippen LogP contribution in [0.25, 0.3) is 11.2 Å². The fourth-order valence-corrected chi connectivity index (χ4v) is 7.17. The lowest BCUT2D eigenvalue weighted by molar-refractivity contribution is -0.119. The van der Waals surface area contributed by atoms with Crippen LogP contribution in [0.3, 0.4) is 0 Å². The summed E-state index contributed by atoms with van der Waals surface area (Å²) in [6, 6.07) is -1.07. The fourth-order valence-electron chi connectivity index (χ4n) is 4.63. The maximum absolute atomic E-state index is 12.9. The third kappa shape index (κ3) is 5.87. The highest BCUT2D eigenvalue weighted by Crippen LogP contribution is 2.54. The summed E-state index contributed by atoms with van der Waals surface area (Å²) in [5.41, 5.74) is 0.957. The Balaban J connectivity index is 1.32. The number of thiol groups is 1. The van der Waals surface area contributed by atoms with Crippen LogP contribution in [0.5, 0.6) is 0 Å². The minimum atomic E-state index is -4.09. The van der Waals surface area contributed by atoms with E-state index in [4.69, 9.17) is 40.0 Å². The van der Waals surface area contributed by atoms with E-state index in [9.17, 15) is 19.4 Å². The van der Waals surface area contributed by atoms with E-state index in [0.717, 1.165) is 0 Å². The highest BCUT2D eigenvalue weighted by Gasteiger charge is 2.53. The number of amides is 1. The van der Waals surface area contributed by atoms with E-state index in [1.807, 2.05) is 0 Å². The first-order valence-corrected chi connectivity index (χ1v) is 17.4. The van der Waals surface area contributed by atoms with Gasteiger partial charge in [0.15, 0.2) is 23.8 Å². The summed E-state index contributed by atoms with van der Waals surface area (Å²) in [6.45, 7) is -8.40. The van der Waals surface area contributed by atoms with Crippen molar-refractivity contribution < 1.29 is 42.2 Å². The van der Waals surface area contributed by atoms with Crippen LogP contribution in [-0.4, -0.2) is 102 Å². The maximum Gasteiger partial charge on any atom is 0.386 e. The van der Waals surface area contributed by atoms with Crippen molar-refractivity contribution >= 4 is 72.8 Å². The molecule has 7 atom stereocenters. The molecule has 2 bridgehead atoms. The molecule has 0 aliphatic carbocycles. The lowest BCUT2D eigenvalue weighted by atomic mass is 10.1. The molecule has 2 aromatic rings. The molecular formula is C19H23N9O9P2S2. The molecule has 41 heavy (non-hydrogen) atoms. The van der Waals surface area contributed by atoms with Gasteiger partial charge in [-0.05, 0) is 18.2 Å². The average Bonchev–Trinajstić information content (AvgIpc) is 3.58. The first kappa shape index (κ1) is 28.9. The quantitative estimate of drug-likeness (QED) is 0.198. The summed E-state index contributed by atoms with van der Waals surface area (Å²) in [5, 5.41) is 21.2. The van der Waals surface area contributed by atoms with Crippen LogP contribution < -0.4 is 5.32 Å². The zero-order valence-corrected chi connectivity index (χ0v) is 24.3. The number of aliphatic imine (C=N–C) groups is 2. The van der Waals surface area contributed by atoms with Gasteiger partial charge < -0.3 is 28.4 Å². The summed E-state index contributed by atoms with van der Waals surface area (Å²) in [6.07, 6.45) is -0.893. The molecule has 220 valence electrons. The number of aliphatic hydroxyl groups excluding tert-OH is 1. The van der Waals surface area contributed by atoms with Crippen molar-refractivity contribution in [3.8, 4) is 0 Å². The summed E-state index contributed by atoms with van der Waals surface area (Å²) in [4.78, 5) is 45.5. The van der Waals surface area contributed by atoms with E-state index >= 15 is 0 Å². The monoisotopic (exact) mass is 647 g/mol. The number of aromatic nitrogens is 4. The van der Waals surface area contributed by atoms with Gasteiger partial charge in [0, 0.05) is 6.54 Å². The van der Waals surface area contributed by atoms with Crippen LogP contribution >= 0.6 is 25.8 Å². The second-order valence-electron chi connectivity index (χ2n) is 9.11. The van der Waals surface area contributed by atoms with Gasteiger partial charge in [0.2, 0.25) is 5.96 Å². The van der Waals surface area contributed by atoms with E-state index < -0.39 is 62.6 Å². The Hall–Kier alpha value is -2.22. The number of aliphatic hydroxyl groups is 1. The Bertz CT molecular complexity index is 1560. The van der Waals surface area contributed by atoms with Crippen molar-refractivity contribution in [1.29, 1.82) is 5.41 Å². The molecule has 1 amide bonds. The van der Waals surface area contributed by atoms with Gasteiger partial charge in [-0.2, -0.15) is 4.99 Å². The molecule has 4 aliphatic rings. The molecule has 1 fully saturated rings. The van der Waals surface area contributed by atoms with Gasteiger partial charge in [-0.1, -0.05) is 12.2 Å². The number of guanidine groups is 1. The lowest BCUT2D eigenvalue weighted by Gasteiger charge is -2.31. The average molecular weight is 648 g/mol. The Morgan fingerprint density at radius 1 is 1.29 bits per heavy atom. The van der Waals surface area contributed by atoms with E-state index in [0.29, 0.717) is 30.0 Å². The maximum atomic E-state index is 12.9. The number of carbonyl (C=O) groups is 1. The molecule has 6 rings (SSSR count). The number of fused-ring (bicyclic) bond motifs is 6. The minimum absolute atomic E-state index is 0.00821. The Kier molecular flexibility index (Phi) is 7.84. The topological polar surface area (TPSA) is 228 Å². The number of hydrogen-bond donors (Lipinski definition) is 5. The third-order valence-corrected chi connectivity index (χ3v) is 9.65. The number of nitrogens with zero attached hydrogens (tertiary/aromatic N) is 7. The predicted molar refractivity (Wildman–Crippen MR) is 147 cm³/mol. The number of carbonyl (C=O) groups excluding carboxylic acids is 1. The zero-order valence-electron chi connectivity index (χ0n) is 20.8. The highest BCUT2D eigenvalue weighted by atomic mass is 32.7. The summed E-state index contributed by atoms with van der Waals surface area (Å²) in [5.74, 6) is -0.633. The number of ether oxygens (including phenoxy) is 1. The third-order valence-electron chi connectivity index (χ3n) is 6.44. The molecule has 1 saturated heterocycles. The molecule has 3 unspecified atom stereocenters. The SMILES string of the molecule is N=C1N=C2C(N=CN2[C@@H]2O[C@@H]3COP(=O)(S)OCCCn4c(nc5cncnc54)COP(O)(=S)O[C@@H]2[C@@H]3O)C(=O)N1. The standard InChI is InChI=1S/C19H23N9O9P2S2/c20-19-25-16-12(17(30)26-19)23-8-28(16)18-14-13(29)10(36-18)5-34-38(31,40)33-3-1-2-27-11(6-35-39(32,41)37-14)24-9-4-21-7-22-15(9)27/h4,7-8,10,12-14,18,29H,1-3,5-6H2,(H,31,40)(H,32,41)(H2,20,26,30)/t10-,12?,13-,14-,18-,38?,39?/m1/s1. The second-order valence-corrected chi connectivity index (χ2v) is 14.8. The van der Waals surface area contributed by atoms with Crippen LogP contribution in [0.2, 0.25) is 0 Å². The Morgan fingerprint density at radius 2 is 2.12 bits per heavy atom. The molecule has 18 nitrogen and oxygen atoms in total. The number of imidazole rings is 1. The van der Waals surface area contributed by atoms with Crippen LogP contribution in [0, 0.1) is 5.41 Å². The largest absolute Gasteiger partial charge is 0.387 e. The van der Waals surface area contributed by atoms with E-state index in [2.05, 4.69) is 42.5 Å². The first-order valence-electron chi connectivity index (χ1n) is 12.1. The van der Waals surface area contributed by atoms with Gasteiger partial charge in [-0.3, -0.25) is 34.5 Å². The Morgan fingerprint density at radius 3 is 2.95 bits per heavy atom. The smallest absolute Gasteiger partial charge is 0.386 e. The molecule has 2 aromatic heterocycles. The van der Waals surface area contributed by atoms with Gasteiger partial charge >= 0.3 is 13.5 Å². The molecule has 0 aromatic carbocycles. The summed E-state index contributed by atoms with van der Waals surface area (Å²) < 4.78 is 42.7.